The lowest BCUT2D eigenvalue weighted by Gasteiger charge is -2.22. The van der Waals surface area contributed by atoms with Crippen molar-refractivity contribution in [3.63, 3.8) is 0 Å². The quantitative estimate of drug-likeness (QED) is 0.495. The molecular weight excluding hydrogens is 204 g/mol. The van der Waals surface area contributed by atoms with Gasteiger partial charge in [0.15, 0.2) is 0 Å². The number of unbranched alkanes of at least 4 members (excludes halogenated alkanes) is 3. The van der Waals surface area contributed by atoms with Crippen molar-refractivity contribution in [3.8, 4) is 11.8 Å². The van der Waals surface area contributed by atoms with Crippen LogP contribution in [0.4, 0.5) is 0 Å². The molecule has 0 amide bonds. The predicted octanol–water partition coefficient (Wildman–Crippen LogP) is 4.94. The van der Waals surface area contributed by atoms with Gasteiger partial charge in [0.25, 0.3) is 0 Å². The van der Waals surface area contributed by atoms with Crippen LogP contribution in [0.5, 0.6) is 0 Å². The third kappa shape index (κ3) is 5.09. The van der Waals surface area contributed by atoms with Gasteiger partial charge >= 0.3 is 0 Å². The summed E-state index contributed by atoms with van der Waals surface area (Å²) in [7, 11) is 0. The number of rotatable bonds is 5. The maximum Gasteiger partial charge on any atom is 0.0181 e. The van der Waals surface area contributed by atoms with Gasteiger partial charge < -0.3 is 0 Å². The van der Waals surface area contributed by atoms with Crippen LogP contribution in [0.2, 0.25) is 0 Å². The van der Waals surface area contributed by atoms with Crippen molar-refractivity contribution in [2.45, 2.75) is 58.3 Å². The van der Waals surface area contributed by atoms with Gasteiger partial charge in [-0.25, -0.2) is 0 Å². The Morgan fingerprint density at radius 2 is 1.71 bits per heavy atom. The van der Waals surface area contributed by atoms with E-state index in [1.165, 1.54) is 24.8 Å². The summed E-state index contributed by atoms with van der Waals surface area (Å²) in [6.07, 6.45) is 5.82. The fourth-order valence-electron chi connectivity index (χ4n) is 1.83. The van der Waals surface area contributed by atoms with Crippen molar-refractivity contribution < 1.29 is 0 Å². The molecule has 1 aromatic rings. The van der Waals surface area contributed by atoms with E-state index < -0.39 is 0 Å². The van der Waals surface area contributed by atoms with Gasteiger partial charge in [0.1, 0.15) is 0 Å². The van der Waals surface area contributed by atoms with Gasteiger partial charge in [-0.05, 0) is 12.0 Å². The highest BCUT2D eigenvalue weighted by atomic mass is 14.2. The first-order valence-electron chi connectivity index (χ1n) is 6.68. The van der Waals surface area contributed by atoms with Crippen LogP contribution in [0.15, 0.2) is 30.3 Å². The fourth-order valence-corrected chi connectivity index (χ4v) is 1.83. The smallest absolute Gasteiger partial charge is 0.0181 e. The summed E-state index contributed by atoms with van der Waals surface area (Å²) in [5.41, 5.74) is 1.54. The molecule has 0 nitrogen and oxygen atoms in total. The minimum absolute atomic E-state index is 0.166. The van der Waals surface area contributed by atoms with E-state index in [4.69, 9.17) is 0 Å². The molecule has 0 aromatic heterocycles. The molecule has 0 N–H and O–H groups in total. The Kier molecular flexibility index (Phi) is 5.84. The molecule has 1 rings (SSSR count). The molecule has 0 heterocycles. The summed E-state index contributed by atoms with van der Waals surface area (Å²) < 4.78 is 0. The largest absolute Gasteiger partial charge is 0.103 e. The van der Waals surface area contributed by atoms with Crippen LogP contribution in [-0.4, -0.2) is 0 Å². The standard InChI is InChI=1S/C17H24/c1-4-5-6-7-8-12-15-17(2,3)16-13-10-9-11-14-16/h9-11,13-14H,4-7,15H2,1-3H3. The highest BCUT2D eigenvalue weighted by Crippen LogP contribution is 2.25. The Hall–Kier alpha value is -1.22. The van der Waals surface area contributed by atoms with Crippen LogP contribution < -0.4 is 0 Å². The lowest BCUT2D eigenvalue weighted by Crippen LogP contribution is -2.15. The molecule has 0 saturated carbocycles. The summed E-state index contributed by atoms with van der Waals surface area (Å²) in [5, 5.41) is 0. The molecule has 0 heteroatoms. The van der Waals surface area contributed by atoms with E-state index in [9.17, 15) is 0 Å². The van der Waals surface area contributed by atoms with E-state index in [2.05, 4.69) is 62.9 Å². The van der Waals surface area contributed by atoms with Crippen molar-refractivity contribution >= 4 is 0 Å². The zero-order valence-corrected chi connectivity index (χ0v) is 11.4. The Labute approximate surface area is 106 Å². The maximum absolute atomic E-state index is 3.33. The highest BCUT2D eigenvalue weighted by molar-refractivity contribution is 5.25. The lowest BCUT2D eigenvalue weighted by atomic mass is 9.82. The molecule has 1 aromatic carbocycles. The Bertz CT molecular complexity index is 362. The van der Waals surface area contributed by atoms with Crippen LogP contribution >= 0.6 is 0 Å². The van der Waals surface area contributed by atoms with Gasteiger partial charge in [-0.2, -0.15) is 0 Å². The lowest BCUT2D eigenvalue weighted by molar-refractivity contribution is 0.542. The number of hydrogen-bond acceptors (Lipinski definition) is 0. The van der Waals surface area contributed by atoms with Gasteiger partial charge in [0, 0.05) is 18.3 Å². The van der Waals surface area contributed by atoms with Crippen LogP contribution in [0, 0.1) is 11.8 Å². The molecule has 0 aliphatic rings. The van der Waals surface area contributed by atoms with Crippen molar-refractivity contribution in [1.29, 1.82) is 0 Å². The second-order valence-corrected chi connectivity index (χ2v) is 5.24. The van der Waals surface area contributed by atoms with Gasteiger partial charge in [-0.1, -0.05) is 63.9 Å². The molecule has 0 bridgehead atoms. The summed E-state index contributed by atoms with van der Waals surface area (Å²) >= 11 is 0. The van der Waals surface area contributed by atoms with E-state index in [1.807, 2.05) is 0 Å². The molecule has 0 unspecified atom stereocenters. The summed E-state index contributed by atoms with van der Waals surface area (Å²) in [4.78, 5) is 0. The second-order valence-electron chi connectivity index (χ2n) is 5.24. The van der Waals surface area contributed by atoms with Crippen molar-refractivity contribution in [2.24, 2.45) is 0 Å². The molecule has 0 fully saturated rings. The molecule has 92 valence electrons. The first-order valence-corrected chi connectivity index (χ1v) is 6.68. The predicted molar refractivity (Wildman–Crippen MR) is 76.0 cm³/mol. The van der Waals surface area contributed by atoms with E-state index in [0.29, 0.717) is 0 Å². The van der Waals surface area contributed by atoms with Crippen LogP contribution in [0.3, 0.4) is 0 Å². The van der Waals surface area contributed by atoms with E-state index in [-0.39, 0.29) is 5.41 Å². The highest BCUT2D eigenvalue weighted by Gasteiger charge is 2.18. The molecule has 0 aliphatic heterocycles. The average Bonchev–Trinajstić information content (AvgIpc) is 2.35. The number of hydrogen-bond donors (Lipinski definition) is 0. The molecule has 17 heavy (non-hydrogen) atoms. The molecule has 0 radical (unpaired) electrons. The normalized spacial score (nSPS) is 10.8. The van der Waals surface area contributed by atoms with E-state index in [0.717, 1.165) is 12.8 Å². The molecule has 0 aliphatic carbocycles. The minimum atomic E-state index is 0.166. The SMILES string of the molecule is CCCCCC#CCC(C)(C)c1ccccc1. The molecular formula is C17H24. The topological polar surface area (TPSA) is 0 Å². The second kappa shape index (κ2) is 7.17. The molecule has 0 spiro atoms. The van der Waals surface area contributed by atoms with Crippen LogP contribution in [0.25, 0.3) is 0 Å². The van der Waals surface area contributed by atoms with Gasteiger partial charge in [-0.3, -0.25) is 0 Å². The third-order valence-corrected chi connectivity index (χ3v) is 3.12. The number of benzene rings is 1. The molecule has 0 atom stereocenters. The van der Waals surface area contributed by atoms with Crippen molar-refractivity contribution in [2.75, 3.05) is 0 Å². The zero-order valence-electron chi connectivity index (χ0n) is 11.4. The maximum atomic E-state index is 3.33. The monoisotopic (exact) mass is 228 g/mol. The summed E-state index contributed by atoms with van der Waals surface area (Å²) in [6.45, 7) is 6.76. The van der Waals surface area contributed by atoms with Crippen molar-refractivity contribution in [3.05, 3.63) is 35.9 Å². The van der Waals surface area contributed by atoms with Gasteiger partial charge in [0.05, 0.1) is 0 Å². The minimum Gasteiger partial charge on any atom is -0.103 e. The van der Waals surface area contributed by atoms with Crippen LogP contribution in [0.1, 0.15) is 58.4 Å². The molecule has 0 saturated heterocycles. The third-order valence-electron chi connectivity index (χ3n) is 3.12. The average molecular weight is 228 g/mol. The van der Waals surface area contributed by atoms with E-state index >= 15 is 0 Å². The first kappa shape index (κ1) is 13.8. The van der Waals surface area contributed by atoms with Crippen molar-refractivity contribution in [1.82, 2.24) is 0 Å². The van der Waals surface area contributed by atoms with Crippen LogP contribution in [-0.2, 0) is 5.41 Å². The van der Waals surface area contributed by atoms with E-state index in [1.54, 1.807) is 0 Å². The Morgan fingerprint density at radius 3 is 2.35 bits per heavy atom. The zero-order chi connectivity index (χ0) is 12.6. The Morgan fingerprint density at radius 1 is 1.00 bits per heavy atom. The fraction of sp³-hybridized carbons (Fsp3) is 0.529. The first-order chi connectivity index (χ1) is 8.17. The summed E-state index contributed by atoms with van der Waals surface area (Å²) in [6, 6.07) is 10.7. The summed E-state index contributed by atoms with van der Waals surface area (Å²) in [5.74, 6) is 6.63. The Balaban J connectivity index is 2.45. The van der Waals surface area contributed by atoms with Gasteiger partial charge in [0.2, 0.25) is 0 Å². The van der Waals surface area contributed by atoms with Gasteiger partial charge in [-0.15, -0.1) is 11.8 Å².